The molecule has 2 unspecified atom stereocenters. The van der Waals surface area contributed by atoms with E-state index in [-0.39, 0.29) is 11.5 Å². The second kappa shape index (κ2) is 4.04. The average molecular weight is 212 g/mol. The molecule has 0 radical (unpaired) electrons. The van der Waals surface area contributed by atoms with Crippen molar-refractivity contribution in [2.45, 2.75) is 38.8 Å². The van der Waals surface area contributed by atoms with E-state index in [1.54, 1.807) is 0 Å². The third-order valence-electron chi connectivity index (χ3n) is 4.26. The molecule has 2 atom stereocenters. The van der Waals surface area contributed by atoms with E-state index in [1.807, 2.05) is 0 Å². The van der Waals surface area contributed by atoms with Crippen LogP contribution in [0.3, 0.4) is 0 Å². The number of piperazine rings is 1. The van der Waals surface area contributed by atoms with Crippen LogP contribution >= 0.6 is 0 Å². The Balaban J connectivity index is 1.95. The number of aliphatic hydroxyl groups excluding tert-OH is 1. The number of hydrogen-bond donors (Lipinski definition) is 1. The summed E-state index contributed by atoms with van der Waals surface area (Å²) in [5.41, 5.74) is 0.119. The highest BCUT2D eigenvalue weighted by molar-refractivity contribution is 4.97. The lowest BCUT2D eigenvalue weighted by Gasteiger charge is -2.39. The highest BCUT2D eigenvalue weighted by Gasteiger charge is 2.43. The Morgan fingerprint density at radius 1 is 1.13 bits per heavy atom. The predicted octanol–water partition coefficient (Wildman–Crippen LogP) is 0.783. The molecule has 0 aromatic rings. The highest BCUT2D eigenvalue weighted by Crippen LogP contribution is 2.39. The topological polar surface area (TPSA) is 26.7 Å². The molecule has 1 aliphatic heterocycles. The largest absolute Gasteiger partial charge is 0.391 e. The van der Waals surface area contributed by atoms with Crippen molar-refractivity contribution >= 4 is 0 Å². The second-order valence-electron chi connectivity index (χ2n) is 5.88. The zero-order chi connectivity index (χ0) is 11.1. The van der Waals surface area contributed by atoms with Crippen molar-refractivity contribution in [3.05, 3.63) is 0 Å². The SMILES string of the molecule is CN1CCN(C2CCC(C)(C)C2O)CC1. The Morgan fingerprint density at radius 3 is 2.20 bits per heavy atom. The van der Waals surface area contributed by atoms with Crippen molar-refractivity contribution < 1.29 is 5.11 Å². The minimum Gasteiger partial charge on any atom is -0.391 e. The maximum absolute atomic E-state index is 10.3. The molecule has 3 heteroatoms. The summed E-state index contributed by atoms with van der Waals surface area (Å²) in [5, 5.41) is 10.3. The molecule has 3 nitrogen and oxygen atoms in total. The molecule has 88 valence electrons. The van der Waals surface area contributed by atoms with Gasteiger partial charge in [0.2, 0.25) is 0 Å². The number of nitrogens with zero attached hydrogens (tertiary/aromatic N) is 2. The van der Waals surface area contributed by atoms with Gasteiger partial charge in [-0.25, -0.2) is 0 Å². The Morgan fingerprint density at radius 2 is 1.73 bits per heavy atom. The lowest BCUT2D eigenvalue weighted by atomic mass is 9.88. The van der Waals surface area contributed by atoms with Crippen molar-refractivity contribution in [2.24, 2.45) is 5.41 Å². The summed E-state index contributed by atoms with van der Waals surface area (Å²) in [7, 11) is 2.17. The van der Waals surface area contributed by atoms with Crippen molar-refractivity contribution in [1.82, 2.24) is 9.80 Å². The fourth-order valence-corrected chi connectivity index (χ4v) is 2.88. The molecule has 0 aromatic heterocycles. The first-order valence-corrected chi connectivity index (χ1v) is 6.11. The predicted molar refractivity (Wildman–Crippen MR) is 61.9 cm³/mol. The minimum absolute atomic E-state index is 0.119. The van der Waals surface area contributed by atoms with E-state index in [1.165, 1.54) is 0 Å². The standard InChI is InChI=1S/C12H24N2O/c1-12(2)5-4-10(11(12)15)14-8-6-13(3)7-9-14/h10-11,15H,4-9H2,1-3H3. The Bertz CT molecular complexity index is 222. The molecule has 0 spiro atoms. The number of rotatable bonds is 1. The van der Waals surface area contributed by atoms with E-state index in [9.17, 15) is 5.11 Å². The molecular formula is C12H24N2O. The minimum atomic E-state index is -0.138. The van der Waals surface area contributed by atoms with Crippen molar-refractivity contribution in [1.29, 1.82) is 0 Å². The summed E-state index contributed by atoms with van der Waals surface area (Å²) in [6, 6.07) is 0.411. The van der Waals surface area contributed by atoms with Gasteiger partial charge in [-0.15, -0.1) is 0 Å². The van der Waals surface area contributed by atoms with E-state index >= 15 is 0 Å². The van der Waals surface area contributed by atoms with E-state index in [0.717, 1.165) is 39.0 Å². The summed E-state index contributed by atoms with van der Waals surface area (Å²) in [6.45, 7) is 8.90. The Hall–Kier alpha value is -0.120. The number of hydrogen-bond acceptors (Lipinski definition) is 3. The van der Waals surface area contributed by atoms with Crippen LogP contribution < -0.4 is 0 Å². The summed E-state index contributed by atoms with van der Waals surface area (Å²) in [6.07, 6.45) is 2.18. The van der Waals surface area contributed by atoms with Gasteiger partial charge in [-0.05, 0) is 25.3 Å². The van der Waals surface area contributed by atoms with Crippen LogP contribution in [0.15, 0.2) is 0 Å². The molecule has 1 N–H and O–H groups in total. The fraction of sp³-hybridized carbons (Fsp3) is 1.00. The van der Waals surface area contributed by atoms with Gasteiger partial charge in [0.15, 0.2) is 0 Å². The molecule has 0 amide bonds. The summed E-state index contributed by atoms with van der Waals surface area (Å²) >= 11 is 0. The number of aliphatic hydroxyl groups is 1. The quantitative estimate of drug-likeness (QED) is 0.696. The van der Waals surface area contributed by atoms with Gasteiger partial charge in [0, 0.05) is 32.2 Å². The molecule has 15 heavy (non-hydrogen) atoms. The van der Waals surface area contributed by atoms with Gasteiger partial charge in [0.25, 0.3) is 0 Å². The lowest BCUT2D eigenvalue weighted by molar-refractivity contribution is -0.000138. The molecule has 0 bridgehead atoms. The van der Waals surface area contributed by atoms with E-state index in [2.05, 4.69) is 30.7 Å². The van der Waals surface area contributed by atoms with Crippen LogP contribution in [0.1, 0.15) is 26.7 Å². The number of likely N-dealkylation sites (N-methyl/N-ethyl adjacent to an activating group) is 1. The van der Waals surface area contributed by atoms with Gasteiger partial charge >= 0.3 is 0 Å². The maximum Gasteiger partial charge on any atom is 0.0746 e. The molecule has 0 aromatic carbocycles. The lowest BCUT2D eigenvalue weighted by Crippen LogP contribution is -2.52. The van der Waals surface area contributed by atoms with E-state index in [0.29, 0.717) is 6.04 Å². The summed E-state index contributed by atoms with van der Waals surface area (Å²) in [5.74, 6) is 0. The first-order chi connectivity index (χ1) is 7.00. The monoisotopic (exact) mass is 212 g/mol. The molecule has 1 saturated carbocycles. The van der Waals surface area contributed by atoms with Gasteiger partial charge in [-0.2, -0.15) is 0 Å². The maximum atomic E-state index is 10.3. The zero-order valence-electron chi connectivity index (χ0n) is 10.2. The smallest absolute Gasteiger partial charge is 0.0746 e. The normalized spacial score (nSPS) is 38.4. The molecule has 1 heterocycles. The van der Waals surface area contributed by atoms with Crippen LogP contribution in [0, 0.1) is 5.41 Å². The molecule has 2 aliphatic rings. The van der Waals surface area contributed by atoms with Crippen molar-refractivity contribution in [3.8, 4) is 0 Å². The van der Waals surface area contributed by atoms with Crippen LogP contribution in [0.4, 0.5) is 0 Å². The molecule has 2 fully saturated rings. The van der Waals surface area contributed by atoms with Gasteiger partial charge in [-0.1, -0.05) is 13.8 Å². The Kier molecular flexibility index (Phi) is 3.06. The molecule has 1 aliphatic carbocycles. The van der Waals surface area contributed by atoms with Gasteiger partial charge in [0.1, 0.15) is 0 Å². The highest BCUT2D eigenvalue weighted by atomic mass is 16.3. The molecular weight excluding hydrogens is 188 g/mol. The van der Waals surface area contributed by atoms with Crippen molar-refractivity contribution in [2.75, 3.05) is 33.2 Å². The van der Waals surface area contributed by atoms with Crippen LogP contribution in [-0.4, -0.2) is 60.3 Å². The average Bonchev–Trinajstić information content (AvgIpc) is 2.45. The van der Waals surface area contributed by atoms with Crippen molar-refractivity contribution in [3.63, 3.8) is 0 Å². The van der Waals surface area contributed by atoms with Gasteiger partial charge in [-0.3, -0.25) is 4.90 Å². The summed E-state index contributed by atoms with van der Waals surface area (Å²) in [4.78, 5) is 4.85. The third kappa shape index (κ3) is 2.19. The first kappa shape index (κ1) is 11.4. The van der Waals surface area contributed by atoms with E-state index in [4.69, 9.17) is 0 Å². The van der Waals surface area contributed by atoms with Gasteiger partial charge in [0.05, 0.1) is 6.10 Å². The van der Waals surface area contributed by atoms with Crippen LogP contribution in [0.2, 0.25) is 0 Å². The fourth-order valence-electron chi connectivity index (χ4n) is 2.88. The third-order valence-corrected chi connectivity index (χ3v) is 4.26. The Labute approximate surface area is 93.1 Å². The van der Waals surface area contributed by atoms with Crippen LogP contribution in [0.25, 0.3) is 0 Å². The van der Waals surface area contributed by atoms with Crippen LogP contribution in [-0.2, 0) is 0 Å². The van der Waals surface area contributed by atoms with E-state index < -0.39 is 0 Å². The second-order valence-corrected chi connectivity index (χ2v) is 5.88. The van der Waals surface area contributed by atoms with Crippen LogP contribution in [0.5, 0.6) is 0 Å². The summed E-state index contributed by atoms with van der Waals surface area (Å²) < 4.78 is 0. The molecule has 2 rings (SSSR count). The molecule has 1 saturated heterocycles. The first-order valence-electron chi connectivity index (χ1n) is 6.11. The zero-order valence-corrected chi connectivity index (χ0v) is 10.2. The van der Waals surface area contributed by atoms with Gasteiger partial charge < -0.3 is 10.0 Å².